The molecule has 9 heteroatoms. The summed E-state index contributed by atoms with van der Waals surface area (Å²) >= 11 is 0.855. The summed E-state index contributed by atoms with van der Waals surface area (Å²) in [7, 11) is 1.35. The second-order valence-corrected chi connectivity index (χ2v) is 9.86. The van der Waals surface area contributed by atoms with Gasteiger partial charge in [0.25, 0.3) is 11.1 Å². The lowest BCUT2D eigenvalue weighted by Gasteiger charge is -2.27. The molecule has 184 valence electrons. The molecule has 4 rings (SSSR count). The molecule has 2 saturated heterocycles. The average Bonchev–Trinajstić information content (AvgIpc) is 3.28. The third-order valence-corrected chi connectivity index (χ3v) is 7.41. The fourth-order valence-corrected chi connectivity index (χ4v) is 5.38. The van der Waals surface area contributed by atoms with Crippen LogP contribution in [0, 0.1) is 20.8 Å². The number of amides is 3. The van der Waals surface area contributed by atoms with Crippen molar-refractivity contribution in [3.8, 4) is 5.69 Å². The summed E-state index contributed by atoms with van der Waals surface area (Å²) in [6, 6.07) is 7.31. The van der Waals surface area contributed by atoms with Crippen molar-refractivity contribution in [1.29, 1.82) is 0 Å². The van der Waals surface area contributed by atoms with Crippen molar-refractivity contribution in [2.24, 2.45) is 0 Å². The molecule has 3 heterocycles. The van der Waals surface area contributed by atoms with Crippen molar-refractivity contribution < 1.29 is 23.9 Å². The first-order valence-corrected chi connectivity index (χ1v) is 12.4. The molecule has 2 aliphatic rings. The Kier molecular flexibility index (Phi) is 7.16. The lowest BCUT2D eigenvalue weighted by Crippen LogP contribution is -2.44. The molecule has 0 spiro atoms. The zero-order valence-electron chi connectivity index (χ0n) is 20.4. The first-order valence-electron chi connectivity index (χ1n) is 11.6. The molecule has 3 amide bonds. The molecule has 1 aromatic heterocycles. The van der Waals surface area contributed by atoms with Crippen LogP contribution in [0.25, 0.3) is 11.8 Å². The molecule has 0 bridgehead atoms. The molecule has 0 radical (unpaired) electrons. The predicted octanol–water partition coefficient (Wildman–Crippen LogP) is 4.24. The molecular formula is C26H29N3O5S. The molecular weight excluding hydrogens is 466 g/mol. The van der Waals surface area contributed by atoms with E-state index in [1.54, 1.807) is 23.1 Å². The number of benzene rings is 1. The van der Waals surface area contributed by atoms with E-state index >= 15 is 0 Å². The normalized spacial score (nSPS) is 17.4. The smallest absolute Gasteiger partial charge is 0.337 e. The van der Waals surface area contributed by atoms with Crippen LogP contribution in [-0.2, 0) is 14.3 Å². The Morgan fingerprint density at radius 1 is 1.06 bits per heavy atom. The van der Waals surface area contributed by atoms with Gasteiger partial charge in [-0.2, -0.15) is 0 Å². The van der Waals surface area contributed by atoms with E-state index in [1.807, 2.05) is 37.5 Å². The lowest BCUT2D eigenvalue weighted by atomic mass is 10.1. The van der Waals surface area contributed by atoms with E-state index in [9.17, 15) is 19.2 Å². The number of methoxy groups -OCH3 is 1. The standard InChI is InChI=1S/C26H29N3O5S/c1-16-8-9-19(25(32)34-4)13-21(16)29-17(2)12-20(18(29)3)14-22-24(31)28(26(33)35-22)15-23(30)27-10-6-5-7-11-27/h8-9,12-14H,5-7,10-11,15H2,1-4H3/b22-14-. The minimum absolute atomic E-state index is 0.188. The molecule has 35 heavy (non-hydrogen) atoms. The number of hydrogen-bond donors (Lipinski definition) is 0. The zero-order chi connectivity index (χ0) is 25.3. The Morgan fingerprint density at radius 2 is 1.77 bits per heavy atom. The molecule has 0 aliphatic carbocycles. The van der Waals surface area contributed by atoms with Crippen LogP contribution in [0.4, 0.5) is 4.79 Å². The first-order chi connectivity index (χ1) is 16.7. The number of piperidine rings is 1. The monoisotopic (exact) mass is 495 g/mol. The van der Waals surface area contributed by atoms with E-state index in [-0.39, 0.29) is 12.5 Å². The van der Waals surface area contributed by atoms with Gasteiger partial charge in [0, 0.05) is 30.2 Å². The van der Waals surface area contributed by atoms with Crippen LogP contribution < -0.4 is 0 Å². The Morgan fingerprint density at radius 3 is 2.46 bits per heavy atom. The maximum atomic E-state index is 13.0. The van der Waals surface area contributed by atoms with Gasteiger partial charge in [-0.3, -0.25) is 19.3 Å². The van der Waals surface area contributed by atoms with Gasteiger partial charge in [0.2, 0.25) is 5.91 Å². The van der Waals surface area contributed by atoms with Crippen LogP contribution >= 0.6 is 11.8 Å². The minimum atomic E-state index is -0.445. The van der Waals surface area contributed by atoms with Gasteiger partial charge >= 0.3 is 5.97 Å². The number of carbonyl (C=O) groups is 4. The van der Waals surface area contributed by atoms with Crippen LogP contribution in [0.1, 0.15) is 52.1 Å². The Bertz CT molecular complexity index is 1240. The highest BCUT2D eigenvalue weighted by molar-refractivity contribution is 8.18. The van der Waals surface area contributed by atoms with E-state index in [0.717, 1.165) is 64.1 Å². The van der Waals surface area contributed by atoms with Crippen molar-refractivity contribution in [2.75, 3.05) is 26.7 Å². The average molecular weight is 496 g/mol. The van der Waals surface area contributed by atoms with Crippen molar-refractivity contribution in [1.82, 2.24) is 14.4 Å². The van der Waals surface area contributed by atoms with Gasteiger partial charge in [-0.1, -0.05) is 6.07 Å². The maximum Gasteiger partial charge on any atom is 0.337 e. The highest BCUT2D eigenvalue weighted by Gasteiger charge is 2.37. The van der Waals surface area contributed by atoms with Crippen LogP contribution in [0.2, 0.25) is 0 Å². The second kappa shape index (κ2) is 10.1. The van der Waals surface area contributed by atoms with Crippen molar-refractivity contribution in [3.05, 3.63) is 57.2 Å². The Balaban J connectivity index is 1.60. The highest BCUT2D eigenvalue weighted by atomic mass is 32.2. The topological polar surface area (TPSA) is 88.9 Å². The number of imide groups is 1. The third kappa shape index (κ3) is 4.91. The molecule has 2 aliphatic heterocycles. The van der Waals surface area contributed by atoms with Crippen molar-refractivity contribution >= 4 is 40.9 Å². The number of ether oxygens (including phenoxy) is 1. The maximum absolute atomic E-state index is 13.0. The van der Waals surface area contributed by atoms with Crippen LogP contribution in [0.5, 0.6) is 0 Å². The molecule has 0 unspecified atom stereocenters. The summed E-state index contributed by atoms with van der Waals surface area (Å²) in [5, 5.41) is -0.429. The molecule has 0 atom stereocenters. The molecule has 2 fully saturated rings. The number of carbonyl (C=O) groups excluding carboxylic acids is 4. The van der Waals surface area contributed by atoms with E-state index in [1.165, 1.54) is 7.11 Å². The summed E-state index contributed by atoms with van der Waals surface area (Å²) in [5.74, 6) is -1.05. The van der Waals surface area contributed by atoms with E-state index < -0.39 is 17.1 Å². The van der Waals surface area contributed by atoms with Crippen molar-refractivity contribution in [3.63, 3.8) is 0 Å². The number of nitrogens with zero attached hydrogens (tertiary/aromatic N) is 3. The van der Waals surface area contributed by atoms with Gasteiger partial charge in [0.1, 0.15) is 6.54 Å². The van der Waals surface area contributed by atoms with Gasteiger partial charge in [-0.15, -0.1) is 0 Å². The summed E-state index contributed by atoms with van der Waals surface area (Å²) < 4.78 is 6.87. The van der Waals surface area contributed by atoms with Gasteiger partial charge < -0.3 is 14.2 Å². The number of esters is 1. The quantitative estimate of drug-likeness (QED) is 0.455. The Labute approximate surface area is 208 Å². The van der Waals surface area contributed by atoms with E-state index in [4.69, 9.17) is 4.74 Å². The van der Waals surface area contributed by atoms with Gasteiger partial charge in [0.05, 0.1) is 17.6 Å². The van der Waals surface area contributed by atoms with E-state index in [0.29, 0.717) is 23.6 Å². The van der Waals surface area contributed by atoms with Crippen molar-refractivity contribution in [2.45, 2.75) is 40.0 Å². The van der Waals surface area contributed by atoms with Crippen LogP contribution in [0.3, 0.4) is 0 Å². The fourth-order valence-electron chi connectivity index (χ4n) is 4.56. The van der Waals surface area contributed by atoms with Gasteiger partial charge in [-0.05, 0) is 87.2 Å². The fraction of sp³-hybridized carbons (Fsp3) is 0.385. The number of hydrogen-bond acceptors (Lipinski definition) is 6. The number of aryl methyl sites for hydroxylation is 2. The molecule has 8 nitrogen and oxygen atoms in total. The van der Waals surface area contributed by atoms with Crippen LogP contribution in [-0.4, -0.2) is 64.1 Å². The minimum Gasteiger partial charge on any atom is -0.465 e. The number of likely N-dealkylation sites (tertiary alicyclic amines) is 1. The second-order valence-electron chi connectivity index (χ2n) is 8.86. The molecule has 0 saturated carbocycles. The third-order valence-electron chi connectivity index (χ3n) is 6.50. The van der Waals surface area contributed by atoms with Gasteiger partial charge in [0.15, 0.2) is 0 Å². The number of thioether (sulfide) groups is 1. The Hall–Kier alpha value is -3.33. The van der Waals surface area contributed by atoms with Crippen LogP contribution in [0.15, 0.2) is 29.2 Å². The SMILES string of the molecule is COC(=O)c1ccc(C)c(-n2c(C)cc(/C=C3\SC(=O)N(CC(=O)N4CCCCC4)C3=O)c2C)c1. The lowest BCUT2D eigenvalue weighted by molar-refractivity contribution is -0.136. The summed E-state index contributed by atoms with van der Waals surface area (Å²) in [5.41, 5.74) is 4.83. The number of rotatable bonds is 5. The number of aromatic nitrogens is 1. The molecule has 1 aromatic carbocycles. The first kappa shape index (κ1) is 24.8. The van der Waals surface area contributed by atoms with E-state index in [2.05, 4.69) is 0 Å². The predicted molar refractivity (Wildman–Crippen MR) is 134 cm³/mol. The highest BCUT2D eigenvalue weighted by Crippen LogP contribution is 2.34. The summed E-state index contributed by atoms with van der Waals surface area (Å²) in [6.45, 7) is 6.95. The zero-order valence-corrected chi connectivity index (χ0v) is 21.2. The summed E-state index contributed by atoms with van der Waals surface area (Å²) in [6.07, 6.45) is 4.70. The summed E-state index contributed by atoms with van der Waals surface area (Å²) in [4.78, 5) is 53.3. The molecule has 0 N–H and O–H groups in total. The molecule has 2 aromatic rings. The largest absolute Gasteiger partial charge is 0.465 e. The van der Waals surface area contributed by atoms with Gasteiger partial charge in [-0.25, -0.2) is 4.79 Å².